The van der Waals surface area contributed by atoms with Gasteiger partial charge in [0.2, 0.25) is 0 Å². The maximum atomic E-state index is 9.71. The van der Waals surface area contributed by atoms with Crippen LogP contribution in [0.2, 0.25) is 0 Å². The molecular formula is C21H28N2O. The van der Waals surface area contributed by atoms with Crippen molar-refractivity contribution in [3.8, 4) is 6.07 Å². The van der Waals surface area contributed by atoms with Crippen LogP contribution in [0.1, 0.15) is 56.9 Å². The van der Waals surface area contributed by atoms with E-state index >= 15 is 0 Å². The van der Waals surface area contributed by atoms with Gasteiger partial charge in [-0.15, -0.1) is 0 Å². The van der Waals surface area contributed by atoms with Gasteiger partial charge in [-0.05, 0) is 50.0 Å². The third-order valence-electron chi connectivity index (χ3n) is 6.69. The third-order valence-corrected chi connectivity index (χ3v) is 6.69. The zero-order chi connectivity index (χ0) is 16.4. The summed E-state index contributed by atoms with van der Waals surface area (Å²) in [4.78, 5) is 2.62. The Bertz CT molecular complexity index is 596. The molecule has 2 aliphatic heterocycles. The quantitative estimate of drug-likeness (QED) is 0.829. The molecular weight excluding hydrogens is 296 g/mol. The predicted molar refractivity (Wildman–Crippen MR) is 94.3 cm³/mol. The second-order valence-corrected chi connectivity index (χ2v) is 7.87. The Morgan fingerprint density at radius 1 is 1.08 bits per heavy atom. The van der Waals surface area contributed by atoms with Crippen LogP contribution in [0.15, 0.2) is 30.3 Å². The van der Waals surface area contributed by atoms with Gasteiger partial charge in [0.1, 0.15) is 0 Å². The van der Waals surface area contributed by atoms with E-state index in [9.17, 15) is 5.26 Å². The highest BCUT2D eigenvalue weighted by atomic mass is 16.5. The lowest BCUT2D eigenvalue weighted by atomic mass is 9.66. The second kappa shape index (κ2) is 6.86. The number of piperidine rings is 1. The molecule has 3 fully saturated rings. The van der Waals surface area contributed by atoms with Gasteiger partial charge in [0.25, 0.3) is 0 Å². The molecule has 3 nitrogen and oxygen atoms in total. The Morgan fingerprint density at radius 3 is 2.79 bits per heavy atom. The second-order valence-electron chi connectivity index (χ2n) is 7.87. The molecule has 4 atom stereocenters. The minimum atomic E-state index is 0.104. The fourth-order valence-electron chi connectivity index (χ4n) is 5.67. The molecule has 2 heterocycles. The van der Waals surface area contributed by atoms with Crippen molar-refractivity contribution in [1.82, 2.24) is 4.90 Å². The Balaban J connectivity index is 1.45. The molecule has 128 valence electrons. The maximum Gasteiger partial charge on any atom is 0.0985 e. The van der Waals surface area contributed by atoms with Gasteiger partial charge in [-0.25, -0.2) is 0 Å². The first kappa shape index (κ1) is 16.1. The summed E-state index contributed by atoms with van der Waals surface area (Å²) in [5.74, 6) is 0.815. The molecule has 1 aromatic rings. The van der Waals surface area contributed by atoms with E-state index in [1.807, 2.05) is 6.07 Å². The normalized spacial score (nSPS) is 35.9. The van der Waals surface area contributed by atoms with Crippen LogP contribution in [0, 0.1) is 17.2 Å². The number of hydrogen-bond acceptors (Lipinski definition) is 3. The van der Waals surface area contributed by atoms with Crippen molar-refractivity contribution in [1.29, 1.82) is 5.26 Å². The van der Waals surface area contributed by atoms with Crippen molar-refractivity contribution < 1.29 is 4.74 Å². The predicted octanol–water partition coefficient (Wildman–Crippen LogP) is 4.28. The van der Waals surface area contributed by atoms with Crippen molar-refractivity contribution in [2.75, 3.05) is 6.61 Å². The number of ether oxygens (including phenoxy) is 1. The zero-order valence-electron chi connectivity index (χ0n) is 14.5. The molecule has 0 bridgehead atoms. The number of nitriles is 1. The minimum Gasteiger partial charge on any atom is -0.375 e. The molecule has 0 aromatic heterocycles. The molecule has 4 rings (SSSR count). The fourth-order valence-corrected chi connectivity index (χ4v) is 5.67. The van der Waals surface area contributed by atoms with Gasteiger partial charge >= 0.3 is 0 Å². The number of benzene rings is 1. The van der Waals surface area contributed by atoms with Crippen LogP contribution < -0.4 is 0 Å². The van der Waals surface area contributed by atoms with Crippen LogP contribution in [0.3, 0.4) is 0 Å². The molecule has 0 N–H and O–H groups in total. The van der Waals surface area contributed by atoms with Crippen molar-refractivity contribution >= 4 is 0 Å². The first-order valence-electron chi connectivity index (χ1n) is 9.63. The van der Waals surface area contributed by atoms with Crippen LogP contribution in [0.5, 0.6) is 0 Å². The van der Waals surface area contributed by atoms with Crippen LogP contribution in [0.4, 0.5) is 0 Å². The highest BCUT2D eigenvalue weighted by molar-refractivity contribution is 5.15. The average molecular weight is 324 g/mol. The lowest BCUT2D eigenvalue weighted by Crippen LogP contribution is -2.61. The number of rotatable bonds is 4. The van der Waals surface area contributed by atoms with E-state index in [1.165, 1.54) is 50.5 Å². The molecule has 0 amide bonds. The molecule has 0 unspecified atom stereocenters. The van der Waals surface area contributed by atoms with E-state index in [1.54, 1.807) is 0 Å². The van der Waals surface area contributed by atoms with Crippen LogP contribution in [-0.4, -0.2) is 29.1 Å². The van der Waals surface area contributed by atoms with Crippen LogP contribution >= 0.6 is 0 Å². The summed E-state index contributed by atoms with van der Waals surface area (Å²) in [6, 6.07) is 13.5. The SMILES string of the molecule is N#C[C@@H]1CC[C@@H]2CCCC[C@]23CC[C@H](COCc2ccccc2)N13. The largest absolute Gasteiger partial charge is 0.375 e. The zero-order valence-corrected chi connectivity index (χ0v) is 14.5. The fraction of sp³-hybridized carbons (Fsp3) is 0.667. The highest BCUT2D eigenvalue weighted by Crippen LogP contribution is 2.53. The lowest BCUT2D eigenvalue weighted by Gasteiger charge is -2.54. The summed E-state index contributed by atoms with van der Waals surface area (Å²) in [5, 5.41) is 9.71. The van der Waals surface area contributed by atoms with Crippen molar-refractivity contribution in [3.05, 3.63) is 35.9 Å². The summed E-state index contributed by atoms with van der Waals surface area (Å²) in [5.41, 5.74) is 1.55. The summed E-state index contributed by atoms with van der Waals surface area (Å²) < 4.78 is 6.07. The molecule has 1 aromatic carbocycles. The van der Waals surface area contributed by atoms with Crippen molar-refractivity contribution in [3.63, 3.8) is 0 Å². The lowest BCUT2D eigenvalue weighted by molar-refractivity contribution is -0.0608. The topological polar surface area (TPSA) is 36.3 Å². The van der Waals surface area contributed by atoms with Crippen molar-refractivity contribution in [2.24, 2.45) is 5.92 Å². The Morgan fingerprint density at radius 2 is 1.96 bits per heavy atom. The first-order valence-corrected chi connectivity index (χ1v) is 9.63. The standard InChI is InChI=1S/C21H28N2O/c22-14-19-10-9-18-8-4-5-12-21(18)13-11-20(23(19)21)16-24-15-17-6-2-1-3-7-17/h1-3,6-7,18-20H,4-5,8-13,15-16H2/t18-,19-,20+,21-/m0/s1. The summed E-state index contributed by atoms with van der Waals surface area (Å²) in [6.45, 7) is 1.44. The van der Waals surface area contributed by atoms with Gasteiger partial charge < -0.3 is 4.74 Å². The van der Waals surface area contributed by atoms with Gasteiger partial charge in [0.15, 0.2) is 0 Å². The van der Waals surface area contributed by atoms with E-state index in [-0.39, 0.29) is 6.04 Å². The van der Waals surface area contributed by atoms with Gasteiger partial charge in [0, 0.05) is 11.6 Å². The van der Waals surface area contributed by atoms with Gasteiger partial charge in [-0.2, -0.15) is 5.26 Å². The molecule has 3 heteroatoms. The minimum absolute atomic E-state index is 0.104. The average Bonchev–Trinajstić information content (AvgIpc) is 3.00. The van der Waals surface area contributed by atoms with E-state index in [4.69, 9.17) is 4.74 Å². The number of hydrogen-bond donors (Lipinski definition) is 0. The maximum absolute atomic E-state index is 9.71. The Hall–Kier alpha value is -1.37. The highest BCUT2D eigenvalue weighted by Gasteiger charge is 2.56. The third kappa shape index (κ3) is 2.76. The van der Waals surface area contributed by atoms with E-state index in [0.717, 1.165) is 18.9 Å². The van der Waals surface area contributed by atoms with Crippen LogP contribution in [0.25, 0.3) is 0 Å². The van der Waals surface area contributed by atoms with Crippen LogP contribution in [-0.2, 0) is 11.3 Å². The van der Waals surface area contributed by atoms with Gasteiger partial charge in [0.05, 0.1) is 25.3 Å². The Kier molecular flexibility index (Phi) is 4.61. The van der Waals surface area contributed by atoms with E-state index in [0.29, 0.717) is 18.2 Å². The molecule has 1 spiro atoms. The molecule has 3 aliphatic rings. The number of nitrogens with zero attached hydrogens (tertiary/aromatic N) is 2. The molecule has 1 saturated carbocycles. The molecule has 24 heavy (non-hydrogen) atoms. The summed E-state index contributed by atoms with van der Waals surface area (Å²) >= 11 is 0. The van der Waals surface area contributed by atoms with Crippen molar-refractivity contribution in [2.45, 2.75) is 75.6 Å². The smallest absolute Gasteiger partial charge is 0.0985 e. The summed E-state index contributed by atoms with van der Waals surface area (Å²) in [6.07, 6.45) is 10.2. The Labute approximate surface area is 145 Å². The van der Waals surface area contributed by atoms with Gasteiger partial charge in [-0.1, -0.05) is 43.2 Å². The monoisotopic (exact) mass is 324 g/mol. The molecule has 0 radical (unpaired) electrons. The first-order chi connectivity index (χ1) is 11.8. The molecule has 1 aliphatic carbocycles. The molecule has 2 saturated heterocycles. The van der Waals surface area contributed by atoms with E-state index in [2.05, 4.69) is 35.2 Å². The van der Waals surface area contributed by atoms with Gasteiger partial charge in [-0.3, -0.25) is 4.90 Å². The van der Waals surface area contributed by atoms with E-state index < -0.39 is 0 Å². The summed E-state index contributed by atoms with van der Waals surface area (Å²) in [7, 11) is 0.